The number of urea groups is 1. The number of nitrogens with one attached hydrogen (secondary N) is 1. The third-order valence-corrected chi connectivity index (χ3v) is 7.84. The van der Waals surface area contributed by atoms with Gasteiger partial charge in [0.25, 0.3) is 5.56 Å². The maximum atomic E-state index is 14.1. The molecule has 5 rings (SSSR count). The third-order valence-electron chi connectivity index (χ3n) is 7.84. The average molecular weight is 589 g/mol. The SMILES string of the molecule is CCOc1ccc(-n2c(C(CC)N(CCc3ccccc3)C(=O)Nc3ccc(C(C)C)cc3)nc3ccccc3c2=O)cc1. The van der Waals surface area contributed by atoms with Crippen LogP contribution in [0.5, 0.6) is 5.75 Å². The zero-order valence-electron chi connectivity index (χ0n) is 25.9. The lowest BCUT2D eigenvalue weighted by atomic mass is 10.0. The van der Waals surface area contributed by atoms with Gasteiger partial charge >= 0.3 is 6.03 Å². The van der Waals surface area contributed by atoms with Crippen LogP contribution in [0.3, 0.4) is 0 Å². The monoisotopic (exact) mass is 588 g/mol. The molecule has 0 aliphatic heterocycles. The number of carbonyl (C=O) groups excluding carboxylic acids is 1. The molecule has 0 spiro atoms. The quantitative estimate of drug-likeness (QED) is 0.169. The van der Waals surface area contributed by atoms with E-state index in [0.29, 0.717) is 60.0 Å². The van der Waals surface area contributed by atoms with Crippen LogP contribution in [0.1, 0.15) is 63.0 Å². The third kappa shape index (κ3) is 6.83. The van der Waals surface area contributed by atoms with Crippen molar-refractivity contribution in [3.63, 3.8) is 0 Å². The molecule has 0 aliphatic rings. The maximum Gasteiger partial charge on any atom is 0.322 e. The fourth-order valence-electron chi connectivity index (χ4n) is 5.46. The molecular formula is C37H40N4O3. The van der Waals surface area contributed by atoms with Crippen LogP contribution in [0.2, 0.25) is 0 Å². The lowest BCUT2D eigenvalue weighted by molar-refractivity contribution is 0.182. The van der Waals surface area contributed by atoms with Gasteiger partial charge in [-0.3, -0.25) is 9.36 Å². The summed E-state index contributed by atoms with van der Waals surface area (Å²) in [5.74, 6) is 1.63. The Morgan fingerprint density at radius 1 is 0.886 bits per heavy atom. The Balaban J connectivity index is 1.60. The molecular weight excluding hydrogens is 548 g/mol. The number of fused-ring (bicyclic) bond motifs is 1. The van der Waals surface area contributed by atoms with E-state index in [1.807, 2.05) is 104 Å². The minimum Gasteiger partial charge on any atom is -0.494 e. The smallest absolute Gasteiger partial charge is 0.322 e. The molecule has 5 aromatic rings. The first-order valence-corrected chi connectivity index (χ1v) is 15.4. The normalized spacial score (nSPS) is 11.8. The van der Waals surface area contributed by atoms with Crippen LogP contribution < -0.4 is 15.6 Å². The summed E-state index contributed by atoms with van der Waals surface area (Å²) in [6, 6.07) is 32.1. The van der Waals surface area contributed by atoms with Gasteiger partial charge in [-0.15, -0.1) is 0 Å². The Labute approximate surface area is 259 Å². The van der Waals surface area contributed by atoms with Crippen LogP contribution in [0.4, 0.5) is 10.5 Å². The topological polar surface area (TPSA) is 76.5 Å². The van der Waals surface area contributed by atoms with Crippen molar-refractivity contribution in [2.75, 3.05) is 18.5 Å². The van der Waals surface area contributed by atoms with E-state index in [1.54, 1.807) is 10.6 Å². The number of benzene rings is 4. The van der Waals surface area contributed by atoms with Gasteiger partial charge in [0.2, 0.25) is 0 Å². The molecule has 1 atom stereocenters. The average Bonchev–Trinajstić information content (AvgIpc) is 3.04. The highest BCUT2D eigenvalue weighted by atomic mass is 16.5. The number of rotatable bonds is 11. The molecule has 4 aromatic carbocycles. The van der Waals surface area contributed by atoms with Crippen molar-refractivity contribution in [3.05, 3.63) is 130 Å². The van der Waals surface area contributed by atoms with Crippen molar-refractivity contribution >= 4 is 22.6 Å². The summed E-state index contributed by atoms with van der Waals surface area (Å²) in [7, 11) is 0. The van der Waals surface area contributed by atoms with E-state index in [4.69, 9.17) is 9.72 Å². The minimum atomic E-state index is -0.488. The number of para-hydroxylation sites is 1. The Bertz CT molecular complexity index is 1750. The largest absolute Gasteiger partial charge is 0.494 e. The molecule has 0 radical (unpaired) electrons. The molecule has 2 amide bonds. The Morgan fingerprint density at radius 3 is 2.23 bits per heavy atom. The number of hydrogen-bond donors (Lipinski definition) is 1. The predicted octanol–water partition coefficient (Wildman–Crippen LogP) is 8.14. The van der Waals surface area contributed by atoms with Crippen molar-refractivity contribution in [2.45, 2.75) is 52.5 Å². The fraction of sp³-hybridized carbons (Fsp3) is 0.270. The molecule has 0 fully saturated rings. The molecule has 1 N–H and O–H groups in total. The zero-order chi connectivity index (χ0) is 31.1. The van der Waals surface area contributed by atoms with Crippen molar-refractivity contribution < 1.29 is 9.53 Å². The Hall–Kier alpha value is -4.91. The molecule has 1 unspecified atom stereocenters. The van der Waals surface area contributed by atoms with Gasteiger partial charge in [0.05, 0.1) is 29.2 Å². The van der Waals surface area contributed by atoms with Crippen molar-refractivity contribution in [1.82, 2.24) is 14.5 Å². The molecule has 44 heavy (non-hydrogen) atoms. The number of ether oxygens (including phenoxy) is 1. The molecule has 0 saturated carbocycles. The predicted molar refractivity (Wildman–Crippen MR) is 178 cm³/mol. The second-order valence-electron chi connectivity index (χ2n) is 11.1. The molecule has 1 heterocycles. The van der Waals surface area contributed by atoms with E-state index in [1.165, 1.54) is 5.56 Å². The van der Waals surface area contributed by atoms with E-state index in [-0.39, 0.29) is 11.6 Å². The molecule has 1 aromatic heterocycles. The molecule has 7 heteroatoms. The highest BCUT2D eigenvalue weighted by Gasteiger charge is 2.29. The van der Waals surface area contributed by atoms with Gasteiger partial charge in [-0.1, -0.05) is 75.4 Å². The Kier molecular flexibility index (Phi) is 9.75. The van der Waals surface area contributed by atoms with Crippen LogP contribution in [0.25, 0.3) is 16.6 Å². The standard InChI is InChI=1S/C37H40N4O3/c1-5-34(35-39-33-15-11-10-14-32(33)36(42)41(35)30-20-22-31(23-21-30)44-6-2)40(25-24-27-12-8-7-9-13-27)37(43)38-29-18-16-28(17-19-29)26(3)4/h7-23,26,34H,5-6,24-25H2,1-4H3,(H,38,43). The van der Waals surface area contributed by atoms with Crippen molar-refractivity contribution in [1.29, 1.82) is 0 Å². The number of aromatic nitrogens is 2. The van der Waals surface area contributed by atoms with Crippen molar-refractivity contribution in [2.24, 2.45) is 0 Å². The van der Waals surface area contributed by atoms with Crippen LogP contribution in [-0.2, 0) is 6.42 Å². The summed E-state index contributed by atoms with van der Waals surface area (Å²) in [5, 5.41) is 3.64. The first-order chi connectivity index (χ1) is 21.4. The van der Waals surface area contributed by atoms with E-state index >= 15 is 0 Å². The summed E-state index contributed by atoms with van der Waals surface area (Å²) in [6.45, 7) is 9.23. The van der Waals surface area contributed by atoms with E-state index in [2.05, 4.69) is 31.3 Å². The van der Waals surface area contributed by atoms with Gasteiger partial charge in [0.1, 0.15) is 11.6 Å². The van der Waals surface area contributed by atoms with Crippen LogP contribution in [-0.4, -0.2) is 33.6 Å². The van der Waals surface area contributed by atoms with E-state index in [0.717, 1.165) is 11.3 Å². The summed E-state index contributed by atoms with van der Waals surface area (Å²) in [6.07, 6.45) is 1.20. The highest BCUT2D eigenvalue weighted by molar-refractivity contribution is 5.89. The minimum absolute atomic E-state index is 0.180. The van der Waals surface area contributed by atoms with Gasteiger partial charge in [0.15, 0.2) is 0 Å². The maximum absolute atomic E-state index is 14.1. The molecule has 226 valence electrons. The highest BCUT2D eigenvalue weighted by Crippen LogP contribution is 2.28. The van der Waals surface area contributed by atoms with Crippen LogP contribution >= 0.6 is 0 Å². The van der Waals surface area contributed by atoms with Crippen molar-refractivity contribution in [3.8, 4) is 11.4 Å². The van der Waals surface area contributed by atoms with E-state index in [9.17, 15) is 9.59 Å². The first kappa shape index (κ1) is 30.5. The summed E-state index contributed by atoms with van der Waals surface area (Å²) >= 11 is 0. The molecule has 0 bridgehead atoms. The van der Waals surface area contributed by atoms with Gasteiger partial charge < -0.3 is 15.0 Å². The van der Waals surface area contributed by atoms with E-state index < -0.39 is 6.04 Å². The number of amides is 2. The van der Waals surface area contributed by atoms with Gasteiger partial charge in [-0.2, -0.15) is 0 Å². The number of nitrogens with zero attached hydrogens (tertiary/aromatic N) is 3. The first-order valence-electron chi connectivity index (χ1n) is 15.4. The number of hydrogen-bond acceptors (Lipinski definition) is 4. The van der Waals surface area contributed by atoms with Crippen LogP contribution in [0, 0.1) is 0 Å². The second kappa shape index (κ2) is 14.0. The van der Waals surface area contributed by atoms with Crippen LogP contribution in [0.15, 0.2) is 108 Å². The fourth-order valence-corrected chi connectivity index (χ4v) is 5.46. The Morgan fingerprint density at radius 2 is 1.57 bits per heavy atom. The lowest BCUT2D eigenvalue weighted by Gasteiger charge is -2.32. The number of carbonyl (C=O) groups is 1. The lowest BCUT2D eigenvalue weighted by Crippen LogP contribution is -2.42. The molecule has 7 nitrogen and oxygen atoms in total. The summed E-state index contributed by atoms with van der Waals surface area (Å²) in [5.41, 5.74) is 4.13. The van der Waals surface area contributed by atoms with Gasteiger partial charge in [-0.25, -0.2) is 9.78 Å². The second-order valence-corrected chi connectivity index (χ2v) is 11.1. The number of anilines is 1. The summed E-state index contributed by atoms with van der Waals surface area (Å²) in [4.78, 5) is 35.1. The summed E-state index contributed by atoms with van der Waals surface area (Å²) < 4.78 is 7.30. The van der Waals surface area contributed by atoms with Gasteiger partial charge in [0, 0.05) is 12.2 Å². The van der Waals surface area contributed by atoms with Gasteiger partial charge in [-0.05, 0) is 85.3 Å². The molecule has 0 saturated heterocycles. The zero-order valence-corrected chi connectivity index (χ0v) is 25.9. The molecule has 0 aliphatic carbocycles.